The highest BCUT2D eigenvalue weighted by molar-refractivity contribution is 9.11. The minimum Gasteiger partial charge on any atom is -0.354 e. The van der Waals surface area contributed by atoms with Crippen LogP contribution >= 0.6 is 47.8 Å². The Hall–Kier alpha value is -18.7. The first-order valence-corrected chi connectivity index (χ1v) is 50.3. The van der Waals surface area contributed by atoms with Gasteiger partial charge in [0.25, 0.3) is 0 Å². The molecule has 7 heterocycles. The van der Waals surface area contributed by atoms with Crippen molar-refractivity contribution in [3.05, 3.63) is 557 Å². The highest BCUT2D eigenvalue weighted by Crippen LogP contribution is 2.45. The van der Waals surface area contributed by atoms with E-state index in [4.69, 9.17) is 5.53 Å². The molecule has 7 aromatic heterocycles. The van der Waals surface area contributed by atoms with Crippen LogP contribution in [0.3, 0.4) is 0 Å². The summed E-state index contributed by atoms with van der Waals surface area (Å²) in [7, 11) is 0. The number of hydrogen-bond acceptors (Lipinski definition) is 7. The van der Waals surface area contributed by atoms with Gasteiger partial charge in [0.15, 0.2) is 0 Å². The zero-order valence-electron chi connectivity index (χ0n) is 79.0. The van der Waals surface area contributed by atoms with E-state index in [9.17, 15) is 0 Å². The number of aromatic nitrogens is 13. The van der Waals surface area contributed by atoms with Gasteiger partial charge in [0.05, 0.1) is 50.2 Å². The minimum absolute atomic E-state index is 0.630. The molecule has 0 radical (unpaired) electrons. The number of azide groups is 1. The molecular weight excluding hydrogens is 2000 g/mol. The molecule has 0 aliphatic rings. The summed E-state index contributed by atoms with van der Waals surface area (Å²) in [5.41, 5.74) is 38.7. The quantitative estimate of drug-likeness (QED) is 0.0521. The van der Waals surface area contributed by atoms with Crippen LogP contribution in [-0.2, 0) is 0 Å². The van der Waals surface area contributed by atoms with Crippen LogP contribution in [0.4, 0.5) is 5.69 Å². The standard InChI is InChI=1S/C44H29N5.C24H16N2.2C20H14BrN3.C14H10.C6H4BrN3/c1-4-14-30(15-5-1)42-43(31-16-6-2-7-17-31)49(46-45-42)34-26-24-33(25-27-34)47-39-23-13-11-21-37(39)41-40(47)29-28-36-35-20-10-12-22-38(35)48(44(36)41)32-18-8-3-9-19-32;1-2-8-16(9-3-1)26-22-13-7-5-10-17(22)18-14-15-21-23(24(18)26)19-11-4-6-12-20(19)25-21;2*21-17-11-13-18(14-12-17)24-20(16-9-5-2-6-10-16)19(22-23-24)15-7-3-1-4-8-15;1-3-7-13(8-4-1)11-12-14-9-5-2-6-10-14;7-5-1-3-6(4-2-5)9-10-8/h1-29H;1-15,25H;2*1-14H;1-10H;1-4H. The van der Waals surface area contributed by atoms with E-state index in [-0.39, 0.29) is 0 Å². The summed E-state index contributed by atoms with van der Waals surface area (Å²) >= 11 is 10.2. The Morgan fingerprint density at radius 1 is 0.231 bits per heavy atom. The van der Waals surface area contributed by atoms with Gasteiger partial charge in [-0.3, -0.25) is 0 Å². The monoisotopic (exact) mass is 2080 g/mol. The van der Waals surface area contributed by atoms with E-state index in [0.29, 0.717) is 5.69 Å². The van der Waals surface area contributed by atoms with Crippen molar-refractivity contribution in [2.75, 3.05) is 0 Å². The maximum absolute atomic E-state index is 8.04. The van der Waals surface area contributed by atoms with Crippen LogP contribution in [0.15, 0.2) is 540 Å². The van der Waals surface area contributed by atoms with Crippen molar-refractivity contribution in [1.29, 1.82) is 0 Å². The van der Waals surface area contributed by atoms with Gasteiger partial charge in [0.1, 0.15) is 34.2 Å². The fraction of sp³-hybridized carbons (Fsp3) is 0. The Labute approximate surface area is 872 Å². The molecule has 27 rings (SSSR count). The molecule has 0 unspecified atom stereocenters. The van der Waals surface area contributed by atoms with E-state index < -0.39 is 0 Å². The Morgan fingerprint density at radius 2 is 0.524 bits per heavy atom. The number of H-pyrrole nitrogens is 1. The van der Waals surface area contributed by atoms with Gasteiger partial charge in [-0.2, -0.15) is 0 Å². The molecule has 16 nitrogen and oxygen atoms in total. The Morgan fingerprint density at radius 3 is 0.912 bits per heavy atom. The summed E-state index contributed by atoms with van der Waals surface area (Å²) < 4.78 is 16.0. The van der Waals surface area contributed by atoms with Gasteiger partial charge in [-0.1, -0.05) is 432 Å². The number of hydrogen-bond donors (Lipinski definition) is 1. The molecule has 0 atom stereocenters. The number of para-hydroxylation sites is 6. The fourth-order valence-electron chi connectivity index (χ4n) is 18.8. The van der Waals surface area contributed by atoms with Crippen molar-refractivity contribution >= 4 is 141 Å². The van der Waals surface area contributed by atoms with Crippen LogP contribution < -0.4 is 0 Å². The van der Waals surface area contributed by atoms with Crippen molar-refractivity contribution in [3.8, 4) is 114 Å². The maximum atomic E-state index is 8.04. The van der Waals surface area contributed by atoms with E-state index in [0.717, 1.165) is 121 Å². The molecule has 0 bridgehead atoms. The molecule has 20 aromatic carbocycles. The van der Waals surface area contributed by atoms with Crippen LogP contribution in [0.5, 0.6) is 0 Å². The number of nitrogens with one attached hydrogen (secondary N) is 1. The number of nitrogens with zero attached hydrogens (tertiary/aromatic N) is 15. The first-order chi connectivity index (χ1) is 72.7. The summed E-state index contributed by atoms with van der Waals surface area (Å²) in [5, 5.41) is 40.6. The molecule has 27 aromatic rings. The number of benzene rings is 20. The molecule has 700 valence electrons. The van der Waals surface area contributed by atoms with Crippen LogP contribution in [0.2, 0.25) is 0 Å². The molecule has 0 amide bonds. The molecule has 1 N–H and O–H groups in total. The SMILES string of the molecule is Brc1ccc(-n2nnc(-c3ccccc3)c2-c2ccccc2)cc1.Brc1ccc(-n2nnc(-c3ccccc3)c2-c2ccccc2)cc1.C(#Cc1ccccc1)c1ccccc1.[N-]=[N+]=Nc1ccc(Br)cc1.c1ccc(-c2nnn(-c3ccc(-n4c5ccccc5c5c4ccc4c6ccccc6n(-c6ccccc6)c45)cc3)c2-c2ccccc2)cc1.c1ccc(-n2c3ccccc3c3ccc4[nH]c5ccccc5c4c32)cc1. The molecular formula is C128H87Br3N16. The van der Waals surface area contributed by atoms with Crippen molar-refractivity contribution in [2.45, 2.75) is 0 Å². The number of halogens is 3. The van der Waals surface area contributed by atoms with E-state index >= 15 is 0 Å². The van der Waals surface area contributed by atoms with Gasteiger partial charge in [0, 0.05) is 140 Å². The van der Waals surface area contributed by atoms with Crippen molar-refractivity contribution in [2.24, 2.45) is 5.11 Å². The van der Waals surface area contributed by atoms with Gasteiger partial charge < -0.3 is 18.7 Å². The zero-order chi connectivity index (χ0) is 99.1. The van der Waals surface area contributed by atoms with E-state index in [2.05, 4.69) is 410 Å². The van der Waals surface area contributed by atoms with Crippen LogP contribution in [-0.4, -0.2) is 63.7 Å². The molecule has 0 saturated carbocycles. The largest absolute Gasteiger partial charge is 0.354 e. The Balaban J connectivity index is 0.000000108. The summed E-state index contributed by atoms with van der Waals surface area (Å²) in [6, 6.07) is 178. The second-order valence-electron chi connectivity index (χ2n) is 34.5. The predicted octanol–water partition coefficient (Wildman–Crippen LogP) is 34.4. The minimum atomic E-state index is 0.630. The topological polar surface area (TPSA) is 171 Å². The smallest absolute Gasteiger partial charge is 0.121 e. The third kappa shape index (κ3) is 19.7. The average Bonchev–Trinajstić information content (AvgIpc) is 1.54. The summed E-state index contributed by atoms with van der Waals surface area (Å²) in [5.74, 6) is 6.22. The fourth-order valence-corrected chi connectivity index (χ4v) is 19.6. The lowest BCUT2D eigenvalue weighted by Crippen LogP contribution is -2.01. The van der Waals surface area contributed by atoms with Crippen molar-refractivity contribution < 1.29 is 0 Å². The zero-order valence-corrected chi connectivity index (χ0v) is 83.8. The Bertz CT molecular complexity index is 9170. The second-order valence-corrected chi connectivity index (χ2v) is 37.3. The van der Waals surface area contributed by atoms with Gasteiger partial charge in [0.2, 0.25) is 0 Å². The first-order valence-electron chi connectivity index (χ1n) is 47.9. The molecule has 0 fully saturated rings. The molecule has 19 heteroatoms. The van der Waals surface area contributed by atoms with Crippen LogP contribution in [0.1, 0.15) is 11.1 Å². The molecule has 0 saturated heterocycles. The van der Waals surface area contributed by atoms with Crippen molar-refractivity contribution in [1.82, 2.24) is 63.7 Å². The number of rotatable bonds is 13. The van der Waals surface area contributed by atoms with E-state index in [1.54, 1.807) is 12.1 Å². The lowest BCUT2D eigenvalue weighted by Gasteiger charge is -2.12. The lowest BCUT2D eigenvalue weighted by atomic mass is 10.0. The van der Waals surface area contributed by atoms with Crippen LogP contribution in [0.25, 0.3) is 199 Å². The first kappa shape index (κ1) is 93.3. The summed E-state index contributed by atoms with van der Waals surface area (Å²) in [6.07, 6.45) is 0. The van der Waals surface area contributed by atoms with E-state index in [1.807, 2.05) is 232 Å². The predicted molar refractivity (Wildman–Crippen MR) is 613 cm³/mol. The lowest BCUT2D eigenvalue weighted by molar-refractivity contribution is 0.808. The molecule has 0 spiro atoms. The van der Waals surface area contributed by atoms with E-state index in [1.165, 1.54) is 92.9 Å². The molecule has 147 heavy (non-hydrogen) atoms. The Kier molecular flexibility index (Phi) is 27.6. The summed E-state index contributed by atoms with van der Waals surface area (Å²) in [6.45, 7) is 0. The maximum Gasteiger partial charge on any atom is 0.121 e. The average molecular weight is 2090 g/mol. The normalized spacial score (nSPS) is 10.9. The number of fused-ring (bicyclic) bond motifs is 14. The molecule has 0 aliphatic heterocycles. The van der Waals surface area contributed by atoms with Gasteiger partial charge in [-0.25, -0.2) is 14.0 Å². The third-order valence-electron chi connectivity index (χ3n) is 25.5. The summed E-state index contributed by atoms with van der Waals surface area (Å²) in [4.78, 5) is 6.23. The number of aromatic amines is 1. The highest BCUT2D eigenvalue weighted by atomic mass is 79.9. The van der Waals surface area contributed by atoms with Crippen molar-refractivity contribution in [3.63, 3.8) is 0 Å². The van der Waals surface area contributed by atoms with Gasteiger partial charge >= 0.3 is 0 Å². The molecule has 0 aliphatic carbocycles. The second kappa shape index (κ2) is 43.4. The van der Waals surface area contributed by atoms with Gasteiger partial charge in [-0.05, 0) is 175 Å². The van der Waals surface area contributed by atoms with Gasteiger partial charge in [-0.15, -0.1) is 15.3 Å². The highest BCUT2D eigenvalue weighted by Gasteiger charge is 2.26. The van der Waals surface area contributed by atoms with Crippen LogP contribution in [0, 0.1) is 11.8 Å². The third-order valence-corrected chi connectivity index (χ3v) is 27.1.